The first kappa shape index (κ1) is 26.2. The summed E-state index contributed by atoms with van der Waals surface area (Å²) in [6.07, 6.45) is 6.45. The van der Waals surface area contributed by atoms with Gasteiger partial charge in [-0.15, -0.1) is 0 Å². The topological polar surface area (TPSA) is 113 Å². The van der Waals surface area contributed by atoms with Crippen molar-refractivity contribution in [3.05, 3.63) is 55.0 Å². The van der Waals surface area contributed by atoms with E-state index < -0.39 is 17.2 Å². The van der Waals surface area contributed by atoms with Gasteiger partial charge in [-0.25, -0.2) is 23.7 Å². The predicted octanol–water partition coefficient (Wildman–Crippen LogP) is 3.96. The molecule has 1 aliphatic rings. The van der Waals surface area contributed by atoms with Crippen LogP contribution >= 0.6 is 0 Å². The Morgan fingerprint density at radius 1 is 1.18 bits per heavy atom. The zero-order chi connectivity index (χ0) is 27.7. The Kier molecular flexibility index (Phi) is 7.20. The van der Waals surface area contributed by atoms with Crippen molar-refractivity contribution < 1.29 is 27.8 Å². The highest BCUT2D eigenvalue weighted by atomic mass is 19.1. The van der Waals surface area contributed by atoms with Gasteiger partial charge in [0.15, 0.2) is 28.9 Å². The minimum atomic E-state index is -0.916. The summed E-state index contributed by atoms with van der Waals surface area (Å²) < 4.78 is 48.1. The van der Waals surface area contributed by atoms with Gasteiger partial charge in [0.2, 0.25) is 5.95 Å². The molecule has 5 rings (SSSR count). The number of anilines is 1. The summed E-state index contributed by atoms with van der Waals surface area (Å²) in [5.41, 5.74) is 0.979. The highest BCUT2D eigenvalue weighted by Crippen LogP contribution is 2.39. The number of hydrogen-bond acceptors (Lipinski definition) is 9. The molecule has 39 heavy (non-hydrogen) atoms. The van der Waals surface area contributed by atoms with E-state index in [2.05, 4.69) is 31.9 Å². The van der Waals surface area contributed by atoms with Crippen molar-refractivity contribution >= 4 is 22.6 Å². The third-order valence-corrected chi connectivity index (χ3v) is 6.58. The number of ether oxygens (including phenoxy) is 3. The molecule has 0 amide bonds. The fourth-order valence-electron chi connectivity index (χ4n) is 4.56. The Bertz CT molecular complexity index is 1550. The second kappa shape index (κ2) is 10.7. The number of halogens is 2. The minimum Gasteiger partial charge on any atom is -0.494 e. The Balaban J connectivity index is 1.63. The van der Waals surface area contributed by atoms with E-state index in [9.17, 15) is 4.79 Å². The first-order chi connectivity index (χ1) is 18.8. The number of aryl methyl sites for hydroxylation is 1. The number of aromatic nitrogens is 5. The molecule has 3 aromatic heterocycles. The molecular weight excluding hydrogens is 510 g/mol. The SMILES string of the molecule is C=CC(=O)C[C@H]1COC[C@H]1Nc1ncc2cc(-c3c(F)c(OC)cc(OC)c3F)nc(-c3cnn(C)c3)c2n1. The second-order valence-electron chi connectivity index (χ2n) is 9.10. The van der Waals surface area contributed by atoms with Crippen LogP contribution in [0.3, 0.4) is 0 Å². The normalized spacial score (nSPS) is 16.8. The van der Waals surface area contributed by atoms with Gasteiger partial charge in [-0.3, -0.25) is 9.48 Å². The van der Waals surface area contributed by atoms with Gasteiger partial charge in [-0.2, -0.15) is 5.10 Å². The van der Waals surface area contributed by atoms with E-state index in [-0.39, 0.29) is 34.9 Å². The minimum absolute atomic E-state index is 0.00468. The quantitative estimate of drug-likeness (QED) is 0.318. The summed E-state index contributed by atoms with van der Waals surface area (Å²) in [5, 5.41) is 7.96. The average molecular weight is 537 g/mol. The molecule has 0 aliphatic carbocycles. The summed E-state index contributed by atoms with van der Waals surface area (Å²) in [7, 11) is 4.31. The average Bonchev–Trinajstić information content (AvgIpc) is 3.56. The summed E-state index contributed by atoms with van der Waals surface area (Å²) in [5.74, 6) is -2.04. The fraction of sp³-hybridized carbons (Fsp3) is 0.296. The molecule has 2 atom stereocenters. The highest BCUT2D eigenvalue weighted by Gasteiger charge is 2.30. The number of benzene rings is 1. The Morgan fingerprint density at radius 2 is 1.92 bits per heavy atom. The molecule has 1 aromatic carbocycles. The number of carbonyl (C=O) groups excluding carboxylic acids is 1. The summed E-state index contributed by atoms with van der Waals surface area (Å²) in [6.45, 7) is 4.35. The number of allylic oxidation sites excluding steroid dienone is 1. The van der Waals surface area contributed by atoms with E-state index in [0.717, 1.165) is 6.07 Å². The van der Waals surface area contributed by atoms with E-state index in [0.29, 0.717) is 47.7 Å². The maximum absolute atomic E-state index is 15.4. The van der Waals surface area contributed by atoms with E-state index in [1.165, 1.54) is 26.4 Å². The molecule has 1 aliphatic heterocycles. The van der Waals surface area contributed by atoms with Crippen molar-refractivity contribution in [3.8, 4) is 34.0 Å². The summed E-state index contributed by atoms with van der Waals surface area (Å²) in [4.78, 5) is 25.6. The van der Waals surface area contributed by atoms with Crippen molar-refractivity contribution in [2.24, 2.45) is 13.0 Å². The maximum atomic E-state index is 15.4. The van der Waals surface area contributed by atoms with Gasteiger partial charge >= 0.3 is 0 Å². The molecule has 0 spiro atoms. The summed E-state index contributed by atoms with van der Waals surface area (Å²) in [6, 6.07) is 2.46. The Labute approximate surface area is 222 Å². The number of hydrogen-bond donors (Lipinski definition) is 1. The largest absolute Gasteiger partial charge is 0.494 e. The van der Waals surface area contributed by atoms with Gasteiger partial charge in [0.1, 0.15) is 11.2 Å². The van der Waals surface area contributed by atoms with Crippen molar-refractivity contribution in [2.45, 2.75) is 12.5 Å². The van der Waals surface area contributed by atoms with Crippen LogP contribution in [0.15, 0.2) is 43.4 Å². The molecule has 10 nitrogen and oxygen atoms in total. The first-order valence-corrected chi connectivity index (χ1v) is 12.1. The van der Waals surface area contributed by atoms with Crippen LogP contribution in [0.1, 0.15) is 6.42 Å². The van der Waals surface area contributed by atoms with Crippen LogP contribution in [0.4, 0.5) is 14.7 Å². The van der Waals surface area contributed by atoms with Crippen molar-refractivity contribution in [3.63, 3.8) is 0 Å². The highest BCUT2D eigenvalue weighted by molar-refractivity contribution is 5.94. The Morgan fingerprint density at radius 3 is 2.56 bits per heavy atom. The molecule has 0 saturated carbocycles. The van der Waals surface area contributed by atoms with Crippen LogP contribution in [0, 0.1) is 17.6 Å². The zero-order valence-corrected chi connectivity index (χ0v) is 21.6. The van der Waals surface area contributed by atoms with Crippen molar-refractivity contribution in [1.29, 1.82) is 0 Å². The smallest absolute Gasteiger partial charge is 0.223 e. The van der Waals surface area contributed by atoms with Gasteiger partial charge in [0.25, 0.3) is 0 Å². The first-order valence-electron chi connectivity index (χ1n) is 12.1. The lowest BCUT2D eigenvalue weighted by Gasteiger charge is -2.18. The fourth-order valence-corrected chi connectivity index (χ4v) is 4.56. The third-order valence-electron chi connectivity index (χ3n) is 6.58. The standard InChI is InChI=1S/C27H26F2N6O4/c1-5-17(36)6-15-12-39-13-19(15)33-27-30-9-14-7-18(22-23(28)20(37-3)8-21(38-4)24(22)29)32-26(25(14)34-27)16-10-31-35(2)11-16/h5,7-11,15,19H,1,6,12-13H2,2-4H3,(H,30,33,34)/t15-,19+/m0/s1. The number of rotatable bonds is 9. The van der Waals surface area contributed by atoms with Gasteiger partial charge in [0, 0.05) is 48.8 Å². The zero-order valence-electron chi connectivity index (χ0n) is 21.6. The van der Waals surface area contributed by atoms with Gasteiger partial charge in [0.05, 0.1) is 50.9 Å². The predicted molar refractivity (Wildman–Crippen MR) is 140 cm³/mol. The number of carbonyl (C=O) groups is 1. The molecule has 4 heterocycles. The monoisotopic (exact) mass is 536 g/mol. The molecule has 0 unspecified atom stereocenters. The van der Waals surface area contributed by atoms with E-state index in [1.807, 2.05) is 0 Å². The molecule has 202 valence electrons. The molecule has 1 fully saturated rings. The van der Waals surface area contributed by atoms with Crippen molar-refractivity contribution in [2.75, 3.05) is 32.8 Å². The lowest BCUT2D eigenvalue weighted by molar-refractivity contribution is -0.115. The van der Waals surface area contributed by atoms with Crippen LogP contribution in [0.2, 0.25) is 0 Å². The molecule has 12 heteroatoms. The Hall–Kier alpha value is -4.45. The number of nitrogens with zero attached hydrogens (tertiary/aromatic N) is 5. The van der Waals surface area contributed by atoms with Crippen LogP contribution < -0.4 is 14.8 Å². The number of nitrogens with one attached hydrogen (secondary N) is 1. The second-order valence-corrected chi connectivity index (χ2v) is 9.10. The van der Waals surface area contributed by atoms with Crippen LogP contribution in [-0.4, -0.2) is 64.0 Å². The van der Waals surface area contributed by atoms with E-state index >= 15 is 8.78 Å². The third kappa shape index (κ3) is 5.02. The molecule has 4 aromatic rings. The maximum Gasteiger partial charge on any atom is 0.223 e. The lowest BCUT2D eigenvalue weighted by Crippen LogP contribution is -2.30. The molecule has 0 radical (unpaired) electrons. The van der Waals surface area contributed by atoms with Crippen LogP contribution in [0.5, 0.6) is 11.5 Å². The number of ketones is 1. The molecule has 0 bridgehead atoms. The van der Waals surface area contributed by atoms with Gasteiger partial charge < -0.3 is 19.5 Å². The van der Waals surface area contributed by atoms with Crippen LogP contribution in [0.25, 0.3) is 33.4 Å². The van der Waals surface area contributed by atoms with Crippen molar-refractivity contribution in [1.82, 2.24) is 24.7 Å². The number of fused-ring (bicyclic) bond motifs is 1. The number of methoxy groups -OCH3 is 2. The van der Waals surface area contributed by atoms with E-state index in [1.54, 1.807) is 30.3 Å². The summed E-state index contributed by atoms with van der Waals surface area (Å²) >= 11 is 0. The molecule has 1 N–H and O–H groups in total. The van der Waals surface area contributed by atoms with E-state index in [4.69, 9.17) is 14.2 Å². The lowest BCUT2D eigenvalue weighted by atomic mass is 9.97. The number of pyridine rings is 1. The molecule has 1 saturated heterocycles. The van der Waals surface area contributed by atoms with Gasteiger partial charge in [-0.1, -0.05) is 6.58 Å². The van der Waals surface area contributed by atoms with Gasteiger partial charge in [-0.05, 0) is 12.1 Å². The van der Waals surface area contributed by atoms with Crippen LogP contribution in [-0.2, 0) is 16.6 Å². The molecular formula is C27H26F2N6O4.